The predicted octanol–water partition coefficient (Wildman–Crippen LogP) is 5.90. The molecule has 29 heavy (non-hydrogen) atoms. The molecule has 0 spiro atoms. The number of para-hydroxylation sites is 1. The number of fused-ring (bicyclic) bond motifs is 1. The fourth-order valence-corrected chi connectivity index (χ4v) is 3.63. The highest BCUT2D eigenvalue weighted by Crippen LogP contribution is 2.27. The van der Waals surface area contributed by atoms with Crippen molar-refractivity contribution >= 4 is 52.2 Å². The van der Waals surface area contributed by atoms with E-state index in [4.69, 9.17) is 23.2 Å². The van der Waals surface area contributed by atoms with Gasteiger partial charge in [-0.2, -0.15) is 5.10 Å². The molecule has 5 nitrogen and oxygen atoms in total. The molecule has 0 atom stereocenters. The molecule has 7 heteroatoms. The molecular weight excluding hydrogens is 409 g/mol. The number of carbonyl (C=O) groups is 1. The van der Waals surface area contributed by atoms with Crippen LogP contribution in [0.4, 0.5) is 0 Å². The first-order valence-electron chi connectivity index (χ1n) is 8.76. The van der Waals surface area contributed by atoms with E-state index in [-0.39, 0.29) is 5.56 Å². The van der Waals surface area contributed by atoms with Crippen LogP contribution in [-0.4, -0.2) is 25.8 Å². The Balaban J connectivity index is 1.76. The van der Waals surface area contributed by atoms with Crippen LogP contribution < -0.4 is 0 Å². The van der Waals surface area contributed by atoms with E-state index >= 15 is 0 Å². The summed E-state index contributed by atoms with van der Waals surface area (Å²) in [4.78, 5) is 16.2. The second-order valence-corrected chi connectivity index (χ2v) is 7.23. The first kappa shape index (κ1) is 19.2. The summed E-state index contributed by atoms with van der Waals surface area (Å²) in [6.07, 6.45) is 3.52. The minimum absolute atomic E-state index is 0.202. The monoisotopic (exact) mass is 423 g/mol. The molecular formula is C22H15Cl2N3O2. The van der Waals surface area contributed by atoms with Crippen molar-refractivity contribution in [3.8, 4) is 5.69 Å². The van der Waals surface area contributed by atoms with Crippen molar-refractivity contribution in [3.05, 3.63) is 87.3 Å². The molecule has 2 heterocycles. The SMILES string of the molecule is Cc1nn(-c2cccc(Cl)c2)c(Cl)c1C=Cc1cc(C(=O)O)c2ccccc2n1. The maximum absolute atomic E-state index is 11.6. The lowest BCUT2D eigenvalue weighted by Gasteiger charge is -2.04. The van der Waals surface area contributed by atoms with Crippen molar-refractivity contribution in [3.63, 3.8) is 0 Å². The molecule has 0 aliphatic carbocycles. The van der Waals surface area contributed by atoms with E-state index in [0.29, 0.717) is 26.8 Å². The number of rotatable bonds is 4. The van der Waals surface area contributed by atoms with Crippen molar-refractivity contribution in [1.29, 1.82) is 0 Å². The summed E-state index contributed by atoms with van der Waals surface area (Å²) in [7, 11) is 0. The topological polar surface area (TPSA) is 68.0 Å². The van der Waals surface area contributed by atoms with E-state index in [1.54, 1.807) is 53.2 Å². The molecule has 0 unspecified atom stereocenters. The van der Waals surface area contributed by atoms with Gasteiger partial charge >= 0.3 is 5.97 Å². The summed E-state index contributed by atoms with van der Waals surface area (Å²) in [6, 6.07) is 15.9. The van der Waals surface area contributed by atoms with Crippen LogP contribution in [0.5, 0.6) is 0 Å². The summed E-state index contributed by atoms with van der Waals surface area (Å²) in [5.41, 5.74) is 3.54. The molecule has 0 aliphatic heterocycles. The number of aromatic carboxylic acids is 1. The highest BCUT2D eigenvalue weighted by Gasteiger charge is 2.14. The fourth-order valence-electron chi connectivity index (χ4n) is 3.11. The normalized spacial score (nSPS) is 11.4. The largest absolute Gasteiger partial charge is 0.478 e. The minimum atomic E-state index is -0.999. The van der Waals surface area contributed by atoms with Gasteiger partial charge in [0, 0.05) is 16.0 Å². The average molecular weight is 424 g/mol. The average Bonchev–Trinajstić information content (AvgIpc) is 2.99. The fraction of sp³-hybridized carbons (Fsp3) is 0.0455. The first-order chi connectivity index (χ1) is 13.9. The molecule has 4 rings (SSSR count). The van der Waals surface area contributed by atoms with Crippen LogP contribution in [0, 0.1) is 6.92 Å². The molecule has 0 saturated carbocycles. The zero-order valence-electron chi connectivity index (χ0n) is 15.3. The summed E-state index contributed by atoms with van der Waals surface area (Å²) in [5, 5.41) is 15.6. The number of aromatic nitrogens is 3. The van der Waals surface area contributed by atoms with Crippen molar-refractivity contribution in [2.24, 2.45) is 0 Å². The Morgan fingerprint density at radius 3 is 2.62 bits per heavy atom. The molecule has 1 N–H and O–H groups in total. The number of aryl methyl sites for hydroxylation is 1. The van der Waals surface area contributed by atoms with Crippen LogP contribution in [-0.2, 0) is 0 Å². The van der Waals surface area contributed by atoms with E-state index in [1.165, 1.54) is 0 Å². The number of halogens is 2. The molecule has 0 radical (unpaired) electrons. The van der Waals surface area contributed by atoms with Crippen molar-refractivity contribution < 1.29 is 9.90 Å². The number of nitrogens with zero attached hydrogens (tertiary/aromatic N) is 3. The Kier molecular flexibility index (Phi) is 5.09. The van der Waals surface area contributed by atoms with Crippen molar-refractivity contribution in [2.45, 2.75) is 6.92 Å². The smallest absolute Gasteiger partial charge is 0.336 e. The van der Waals surface area contributed by atoms with E-state index in [0.717, 1.165) is 16.9 Å². The quantitative estimate of drug-likeness (QED) is 0.443. The maximum Gasteiger partial charge on any atom is 0.336 e. The highest BCUT2D eigenvalue weighted by molar-refractivity contribution is 6.32. The van der Waals surface area contributed by atoms with Gasteiger partial charge in [0.25, 0.3) is 0 Å². The van der Waals surface area contributed by atoms with Gasteiger partial charge in [0.1, 0.15) is 5.15 Å². The lowest BCUT2D eigenvalue weighted by atomic mass is 10.1. The Morgan fingerprint density at radius 2 is 1.86 bits per heavy atom. The Morgan fingerprint density at radius 1 is 1.07 bits per heavy atom. The summed E-state index contributed by atoms with van der Waals surface area (Å²) < 4.78 is 1.61. The second kappa shape index (κ2) is 7.70. The van der Waals surface area contributed by atoms with Crippen molar-refractivity contribution in [2.75, 3.05) is 0 Å². The third-order valence-electron chi connectivity index (χ3n) is 4.49. The van der Waals surface area contributed by atoms with Gasteiger partial charge in [-0.15, -0.1) is 0 Å². The molecule has 0 saturated heterocycles. The molecule has 2 aromatic heterocycles. The van der Waals surface area contributed by atoms with Crippen LogP contribution in [0.3, 0.4) is 0 Å². The molecule has 0 fully saturated rings. The van der Waals surface area contributed by atoms with Crippen molar-refractivity contribution in [1.82, 2.24) is 14.8 Å². The lowest BCUT2D eigenvalue weighted by molar-refractivity contribution is 0.0699. The predicted molar refractivity (Wildman–Crippen MR) is 116 cm³/mol. The summed E-state index contributed by atoms with van der Waals surface area (Å²) in [5.74, 6) is -0.999. The first-order valence-corrected chi connectivity index (χ1v) is 9.52. The minimum Gasteiger partial charge on any atom is -0.478 e. The van der Waals surface area contributed by atoms with E-state index in [2.05, 4.69) is 10.1 Å². The lowest BCUT2D eigenvalue weighted by Crippen LogP contribution is -2.00. The molecule has 2 aromatic carbocycles. The van der Waals surface area contributed by atoms with Gasteiger partial charge in [-0.05, 0) is 49.4 Å². The maximum atomic E-state index is 11.6. The zero-order chi connectivity index (χ0) is 20.5. The molecule has 4 aromatic rings. The van der Waals surface area contributed by atoms with Crippen LogP contribution in [0.1, 0.15) is 27.3 Å². The zero-order valence-corrected chi connectivity index (χ0v) is 16.8. The van der Waals surface area contributed by atoms with Crippen LogP contribution in [0.15, 0.2) is 54.6 Å². The van der Waals surface area contributed by atoms with E-state index < -0.39 is 5.97 Å². The number of hydrogen-bond acceptors (Lipinski definition) is 3. The molecule has 0 aliphatic rings. The second-order valence-electron chi connectivity index (χ2n) is 6.43. The Labute approximate surface area is 176 Å². The number of carboxylic acid groups (broad SMARTS) is 1. The third-order valence-corrected chi connectivity index (χ3v) is 5.09. The van der Waals surface area contributed by atoms with Gasteiger partial charge in [0.05, 0.1) is 28.2 Å². The summed E-state index contributed by atoms with van der Waals surface area (Å²) >= 11 is 12.6. The molecule has 144 valence electrons. The number of carboxylic acids is 1. The van der Waals surface area contributed by atoms with Crippen LogP contribution in [0.25, 0.3) is 28.7 Å². The number of benzene rings is 2. The number of hydrogen-bond donors (Lipinski definition) is 1. The van der Waals surface area contributed by atoms with Gasteiger partial charge < -0.3 is 5.11 Å². The van der Waals surface area contributed by atoms with Crippen LogP contribution in [0.2, 0.25) is 10.2 Å². The third kappa shape index (κ3) is 3.75. The highest BCUT2D eigenvalue weighted by atomic mass is 35.5. The van der Waals surface area contributed by atoms with Gasteiger partial charge in [-0.1, -0.05) is 47.5 Å². The van der Waals surface area contributed by atoms with Crippen LogP contribution >= 0.6 is 23.2 Å². The van der Waals surface area contributed by atoms with Gasteiger partial charge in [0.2, 0.25) is 0 Å². The van der Waals surface area contributed by atoms with E-state index in [1.807, 2.05) is 25.1 Å². The Bertz CT molecular complexity index is 1280. The summed E-state index contributed by atoms with van der Waals surface area (Å²) in [6.45, 7) is 1.85. The Hall–Kier alpha value is -3.15. The molecule has 0 amide bonds. The molecule has 0 bridgehead atoms. The van der Waals surface area contributed by atoms with Gasteiger partial charge in [-0.3, -0.25) is 0 Å². The van der Waals surface area contributed by atoms with Gasteiger partial charge in [-0.25, -0.2) is 14.5 Å². The number of pyridine rings is 1. The standard InChI is InChI=1S/C22H15Cl2N3O2/c1-13-17(21(24)27(26-13)16-6-4-5-14(23)11-16)10-9-15-12-19(22(28)29)18-7-2-3-8-20(18)25-15/h2-12H,1H3,(H,28,29). The van der Waals surface area contributed by atoms with Gasteiger partial charge in [0.15, 0.2) is 0 Å². The van der Waals surface area contributed by atoms with E-state index in [9.17, 15) is 9.90 Å².